The quantitative estimate of drug-likeness (QED) is 0.808. The van der Waals surface area contributed by atoms with Gasteiger partial charge in [0.1, 0.15) is 11.3 Å². The van der Waals surface area contributed by atoms with Crippen molar-refractivity contribution in [2.24, 2.45) is 0 Å². The number of amides is 1. The third-order valence-corrected chi connectivity index (χ3v) is 4.70. The summed E-state index contributed by atoms with van der Waals surface area (Å²) in [6.45, 7) is 9.91. The smallest absolute Gasteiger partial charge is 0.412 e. The molecule has 7 heteroatoms. The molecule has 148 valence electrons. The van der Waals surface area contributed by atoms with E-state index >= 15 is 0 Å². The average molecular weight is 376 g/mol. The number of hydroxylamine groups is 2. The van der Waals surface area contributed by atoms with E-state index in [2.05, 4.69) is 0 Å². The topological polar surface area (TPSA) is 68.3 Å². The fourth-order valence-corrected chi connectivity index (χ4v) is 3.53. The molecule has 0 spiro atoms. The first-order valence-electron chi connectivity index (χ1n) is 9.24. The molecule has 2 aliphatic rings. The van der Waals surface area contributed by atoms with Gasteiger partial charge in [-0.2, -0.15) is 0 Å². The van der Waals surface area contributed by atoms with Crippen LogP contribution in [0.2, 0.25) is 0 Å². The highest BCUT2D eigenvalue weighted by molar-refractivity contribution is 5.73. The summed E-state index contributed by atoms with van der Waals surface area (Å²) in [7, 11) is 0. The van der Waals surface area contributed by atoms with Crippen LogP contribution in [0.15, 0.2) is 30.3 Å². The summed E-state index contributed by atoms with van der Waals surface area (Å²) in [6.07, 6.45) is -0.245. The van der Waals surface area contributed by atoms with Gasteiger partial charge in [0.2, 0.25) is 0 Å². The maximum absolute atomic E-state index is 12.9. The molecule has 2 aliphatic heterocycles. The lowest BCUT2D eigenvalue weighted by Gasteiger charge is -2.37. The van der Waals surface area contributed by atoms with Gasteiger partial charge in [-0.15, -0.1) is 5.06 Å². The van der Waals surface area contributed by atoms with Gasteiger partial charge in [-0.25, -0.2) is 4.79 Å². The van der Waals surface area contributed by atoms with E-state index in [1.54, 1.807) is 9.96 Å². The molecule has 1 aromatic rings. The number of carbonyl (C=O) groups excluding carboxylic acids is 2. The Morgan fingerprint density at radius 2 is 1.89 bits per heavy atom. The Kier molecular flexibility index (Phi) is 5.18. The second kappa shape index (κ2) is 7.13. The van der Waals surface area contributed by atoms with Gasteiger partial charge in [0.25, 0.3) is 0 Å². The number of hydrogen-bond acceptors (Lipinski definition) is 6. The van der Waals surface area contributed by atoms with Crippen LogP contribution in [0.5, 0.6) is 0 Å². The highest BCUT2D eigenvalue weighted by Gasteiger charge is 2.52. The SMILES string of the molecule is CC(C)(C)OC(=O)N1[C@H]([C@@H]2CC(=O)ON2Cc2ccccc2)COC1(C)C. The molecule has 0 aromatic heterocycles. The lowest BCUT2D eigenvalue weighted by atomic mass is 10.0. The summed E-state index contributed by atoms with van der Waals surface area (Å²) < 4.78 is 11.5. The maximum atomic E-state index is 12.9. The van der Waals surface area contributed by atoms with Crippen molar-refractivity contribution in [1.82, 2.24) is 9.96 Å². The number of rotatable bonds is 3. The normalized spacial score (nSPS) is 25.5. The van der Waals surface area contributed by atoms with Gasteiger partial charge in [-0.3, -0.25) is 9.69 Å². The lowest BCUT2D eigenvalue weighted by Crippen LogP contribution is -2.55. The average Bonchev–Trinajstić information content (AvgIpc) is 3.05. The Balaban J connectivity index is 1.82. The molecule has 1 aromatic carbocycles. The lowest BCUT2D eigenvalue weighted by molar-refractivity contribution is -0.180. The van der Waals surface area contributed by atoms with E-state index in [1.165, 1.54) is 0 Å². The van der Waals surface area contributed by atoms with Crippen LogP contribution in [-0.4, -0.2) is 52.0 Å². The highest BCUT2D eigenvalue weighted by atomic mass is 16.7. The van der Waals surface area contributed by atoms with Gasteiger partial charge < -0.3 is 14.3 Å². The summed E-state index contributed by atoms with van der Waals surface area (Å²) in [6, 6.07) is 9.13. The number of carbonyl (C=O) groups is 2. The van der Waals surface area contributed by atoms with Crippen LogP contribution >= 0.6 is 0 Å². The molecular formula is C20H28N2O5. The molecule has 7 nitrogen and oxygen atoms in total. The van der Waals surface area contributed by atoms with Crippen molar-refractivity contribution in [3.05, 3.63) is 35.9 Å². The van der Waals surface area contributed by atoms with Crippen LogP contribution in [0, 0.1) is 0 Å². The Morgan fingerprint density at radius 1 is 1.22 bits per heavy atom. The number of ether oxygens (including phenoxy) is 2. The minimum atomic E-state index is -0.822. The first-order chi connectivity index (χ1) is 12.6. The van der Waals surface area contributed by atoms with E-state index in [0.29, 0.717) is 13.2 Å². The van der Waals surface area contributed by atoms with Gasteiger partial charge in [-0.05, 0) is 40.2 Å². The van der Waals surface area contributed by atoms with Crippen molar-refractivity contribution in [1.29, 1.82) is 0 Å². The van der Waals surface area contributed by atoms with Gasteiger partial charge in [0.15, 0.2) is 0 Å². The fourth-order valence-electron chi connectivity index (χ4n) is 3.53. The van der Waals surface area contributed by atoms with Gasteiger partial charge in [0.05, 0.1) is 31.7 Å². The standard InChI is InChI=1S/C20H28N2O5/c1-19(2,3)26-18(24)22-16(13-25-20(22,4)5)15-11-17(23)27-21(15)12-14-9-7-6-8-10-14/h6-10,15-16H,11-13H2,1-5H3/t15-,16-/m0/s1. The third kappa shape index (κ3) is 4.42. The summed E-state index contributed by atoms with van der Waals surface area (Å²) in [5, 5.41) is 1.66. The van der Waals surface area contributed by atoms with Crippen LogP contribution in [0.3, 0.4) is 0 Å². The number of hydrogen-bond donors (Lipinski definition) is 0. The maximum Gasteiger partial charge on any atom is 0.412 e. The summed E-state index contributed by atoms with van der Waals surface area (Å²) in [5.41, 5.74) is -0.414. The van der Waals surface area contributed by atoms with Crippen molar-refractivity contribution in [2.45, 2.75) is 71.0 Å². The van der Waals surface area contributed by atoms with Gasteiger partial charge in [-0.1, -0.05) is 30.3 Å². The van der Waals surface area contributed by atoms with Crippen molar-refractivity contribution in [3.63, 3.8) is 0 Å². The Hall–Kier alpha value is -2.12. The molecule has 2 saturated heterocycles. The number of nitrogens with zero attached hydrogens (tertiary/aromatic N) is 2. The van der Waals surface area contributed by atoms with Crippen molar-refractivity contribution < 1.29 is 23.9 Å². The van der Waals surface area contributed by atoms with Crippen LogP contribution in [0.1, 0.15) is 46.6 Å². The minimum absolute atomic E-state index is 0.205. The van der Waals surface area contributed by atoms with Gasteiger partial charge in [0, 0.05) is 0 Å². The molecule has 3 rings (SSSR count). The molecule has 0 bridgehead atoms. The highest BCUT2D eigenvalue weighted by Crippen LogP contribution is 2.35. The minimum Gasteiger partial charge on any atom is -0.444 e. The molecule has 1 amide bonds. The molecular weight excluding hydrogens is 348 g/mol. The molecule has 2 heterocycles. The predicted molar refractivity (Wildman–Crippen MR) is 98.4 cm³/mol. The van der Waals surface area contributed by atoms with Crippen LogP contribution in [0.4, 0.5) is 4.79 Å². The molecule has 0 unspecified atom stereocenters. The number of benzene rings is 1. The first-order valence-corrected chi connectivity index (χ1v) is 9.24. The second-order valence-electron chi connectivity index (χ2n) is 8.47. The van der Waals surface area contributed by atoms with Crippen LogP contribution in [-0.2, 0) is 25.7 Å². The Labute approximate surface area is 160 Å². The van der Waals surface area contributed by atoms with Gasteiger partial charge >= 0.3 is 12.1 Å². The molecule has 27 heavy (non-hydrogen) atoms. The van der Waals surface area contributed by atoms with Crippen molar-refractivity contribution in [2.75, 3.05) is 6.61 Å². The van der Waals surface area contributed by atoms with E-state index in [-0.39, 0.29) is 24.5 Å². The molecule has 2 atom stereocenters. The predicted octanol–water partition coefficient (Wildman–Crippen LogP) is 3.09. The van der Waals surface area contributed by atoms with Crippen LogP contribution in [0.25, 0.3) is 0 Å². The third-order valence-electron chi connectivity index (χ3n) is 4.70. The van der Waals surface area contributed by atoms with E-state index in [0.717, 1.165) is 5.56 Å². The second-order valence-corrected chi connectivity index (χ2v) is 8.47. The van der Waals surface area contributed by atoms with E-state index in [1.807, 2.05) is 65.0 Å². The molecule has 0 saturated carbocycles. The fraction of sp³-hybridized carbons (Fsp3) is 0.600. The molecule has 0 aliphatic carbocycles. The van der Waals surface area contributed by atoms with E-state index < -0.39 is 17.4 Å². The summed E-state index contributed by atoms with van der Waals surface area (Å²) >= 11 is 0. The largest absolute Gasteiger partial charge is 0.444 e. The summed E-state index contributed by atoms with van der Waals surface area (Å²) in [4.78, 5) is 32.0. The Morgan fingerprint density at radius 3 is 2.52 bits per heavy atom. The zero-order chi connectivity index (χ0) is 19.8. The van der Waals surface area contributed by atoms with E-state index in [4.69, 9.17) is 14.3 Å². The molecule has 0 radical (unpaired) electrons. The summed E-state index contributed by atoms with van der Waals surface area (Å²) in [5.74, 6) is -0.301. The molecule has 0 N–H and O–H groups in total. The van der Waals surface area contributed by atoms with E-state index in [9.17, 15) is 9.59 Å². The molecule has 2 fully saturated rings. The van der Waals surface area contributed by atoms with Crippen molar-refractivity contribution >= 4 is 12.1 Å². The van der Waals surface area contributed by atoms with Crippen LogP contribution < -0.4 is 0 Å². The monoisotopic (exact) mass is 376 g/mol. The zero-order valence-corrected chi connectivity index (χ0v) is 16.6. The van der Waals surface area contributed by atoms with Crippen molar-refractivity contribution in [3.8, 4) is 0 Å². The first kappa shape index (κ1) is 19.6. The zero-order valence-electron chi connectivity index (χ0n) is 16.6. The Bertz CT molecular complexity index is 698.